The number of carbonyl (C=O) groups excluding carboxylic acids is 1. The fourth-order valence-corrected chi connectivity index (χ4v) is 3.45. The topological polar surface area (TPSA) is 94.3 Å². The summed E-state index contributed by atoms with van der Waals surface area (Å²) in [6.45, 7) is 2.71. The van der Waals surface area contributed by atoms with E-state index in [-0.39, 0.29) is 24.2 Å². The zero-order valence-electron chi connectivity index (χ0n) is 16.7. The summed E-state index contributed by atoms with van der Waals surface area (Å²) in [6.07, 6.45) is 5.28. The van der Waals surface area contributed by atoms with Gasteiger partial charge in [0.2, 0.25) is 5.91 Å². The Morgan fingerprint density at radius 1 is 1.23 bits per heavy atom. The molecule has 1 aliphatic heterocycles. The highest BCUT2D eigenvalue weighted by Crippen LogP contribution is 2.29. The Balaban J connectivity index is 1.51. The van der Waals surface area contributed by atoms with Crippen LogP contribution in [0.1, 0.15) is 11.3 Å². The molecule has 31 heavy (non-hydrogen) atoms. The van der Waals surface area contributed by atoms with Gasteiger partial charge >= 0.3 is 0 Å². The first-order chi connectivity index (χ1) is 15.1. The molecule has 0 unspecified atom stereocenters. The smallest absolute Gasteiger partial charge is 0.225 e. The van der Waals surface area contributed by atoms with Crippen LogP contribution in [0.15, 0.2) is 48.9 Å². The molecule has 0 atom stereocenters. The van der Waals surface area contributed by atoms with Crippen molar-refractivity contribution in [1.29, 1.82) is 0 Å². The molecule has 0 radical (unpaired) electrons. The largest absolute Gasteiger partial charge is 0.377 e. The molecule has 156 valence electrons. The lowest BCUT2D eigenvalue weighted by Gasteiger charge is -2.26. The average Bonchev–Trinajstić information content (AvgIpc) is 3.15. The molecule has 0 aromatic carbocycles. The van der Waals surface area contributed by atoms with Crippen molar-refractivity contribution in [3.05, 3.63) is 66.0 Å². The molecule has 1 amide bonds. The van der Waals surface area contributed by atoms with Gasteiger partial charge in [-0.15, -0.1) is 0 Å². The van der Waals surface area contributed by atoms with Gasteiger partial charge in [-0.2, -0.15) is 5.10 Å². The summed E-state index contributed by atoms with van der Waals surface area (Å²) in [5, 5.41) is 7.23. The molecule has 4 aromatic rings. The Kier molecular flexibility index (Phi) is 4.87. The third-order valence-corrected chi connectivity index (χ3v) is 5.14. The normalized spacial score (nSPS) is 13.9. The second-order valence-electron chi connectivity index (χ2n) is 7.39. The van der Waals surface area contributed by atoms with Crippen molar-refractivity contribution in [1.82, 2.24) is 29.9 Å². The molecule has 0 saturated carbocycles. The van der Waals surface area contributed by atoms with Crippen LogP contribution < -0.4 is 5.32 Å². The van der Waals surface area contributed by atoms with Gasteiger partial charge in [-0.05, 0) is 37.3 Å². The van der Waals surface area contributed by atoms with E-state index in [0.717, 1.165) is 11.1 Å². The van der Waals surface area contributed by atoms with Crippen molar-refractivity contribution < 1.29 is 13.9 Å². The Bertz CT molecular complexity index is 1280. The van der Waals surface area contributed by atoms with Gasteiger partial charge in [0.1, 0.15) is 5.82 Å². The quantitative estimate of drug-likeness (QED) is 0.535. The van der Waals surface area contributed by atoms with Gasteiger partial charge in [-0.3, -0.25) is 9.78 Å². The van der Waals surface area contributed by atoms with Crippen LogP contribution in [0, 0.1) is 12.7 Å². The maximum Gasteiger partial charge on any atom is 0.225 e. The molecule has 1 N–H and O–H groups in total. The van der Waals surface area contributed by atoms with Crippen LogP contribution in [0.2, 0.25) is 0 Å². The van der Waals surface area contributed by atoms with E-state index in [1.54, 1.807) is 36.1 Å². The van der Waals surface area contributed by atoms with Crippen molar-refractivity contribution in [3.63, 3.8) is 0 Å². The van der Waals surface area contributed by atoms with Gasteiger partial charge < -0.3 is 10.1 Å². The standard InChI is InChI=1S/C22H19FN6O2/c1-13-17(23)4-5-19(26-13)21-16(3-2-7-24-21)18-6-8-29-22(28-18)14(10-25-29)9-20(30)27-15-11-31-12-15/h2-8,10,15H,9,11-12H2,1H3,(H,27,30). The number of aromatic nitrogens is 5. The molecule has 1 fully saturated rings. The van der Waals surface area contributed by atoms with Crippen molar-refractivity contribution in [2.45, 2.75) is 19.4 Å². The monoisotopic (exact) mass is 418 g/mol. The molecule has 1 saturated heterocycles. The van der Waals surface area contributed by atoms with E-state index in [1.165, 1.54) is 6.07 Å². The molecule has 0 bridgehead atoms. The Labute approximate surface area is 177 Å². The lowest BCUT2D eigenvalue weighted by Crippen LogP contribution is -2.49. The number of hydrogen-bond donors (Lipinski definition) is 1. The SMILES string of the molecule is Cc1nc(-c2ncccc2-c2ccn3ncc(CC(=O)NC4COC4)c3n2)ccc1F. The van der Waals surface area contributed by atoms with Crippen molar-refractivity contribution in [3.8, 4) is 22.6 Å². The molecule has 5 rings (SSSR count). The fourth-order valence-electron chi connectivity index (χ4n) is 3.45. The van der Waals surface area contributed by atoms with E-state index < -0.39 is 0 Å². The van der Waals surface area contributed by atoms with Crippen LogP contribution in [-0.4, -0.2) is 49.7 Å². The number of carbonyl (C=O) groups is 1. The first-order valence-corrected chi connectivity index (χ1v) is 9.88. The van der Waals surface area contributed by atoms with E-state index >= 15 is 0 Å². The molecule has 4 aromatic heterocycles. The van der Waals surface area contributed by atoms with Crippen LogP contribution >= 0.6 is 0 Å². The minimum atomic E-state index is -0.364. The number of amides is 1. The van der Waals surface area contributed by atoms with E-state index in [4.69, 9.17) is 9.72 Å². The van der Waals surface area contributed by atoms with Gasteiger partial charge in [0, 0.05) is 23.5 Å². The highest BCUT2D eigenvalue weighted by molar-refractivity contribution is 5.82. The number of halogens is 1. The lowest BCUT2D eigenvalue weighted by atomic mass is 10.1. The van der Waals surface area contributed by atoms with Crippen molar-refractivity contribution in [2.24, 2.45) is 0 Å². The van der Waals surface area contributed by atoms with E-state index in [2.05, 4.69) is 20.4 Å². The van der Waals surface area contributed by atoms with Crippen LogP contribution in [-0.2, 0) is 16.0 Å². The van der Waals surface area contributed by atoms with Gasteiger partial charge in [-0.25, -0.2) is 18.9 Å². The Hall–Kier alpha value is -3.72. The van der Waals surface area contributed by atoms with E-state index in [9.17, 15) is 9.18 Å². The van der Waals surface area contributed by atoms with E-state index in [1.807, 2.05) is 18.2 Å². The number of aryl methyl sites for hydroxylation is 1. The summed E-state index contributed by atoms with van der Waals surface area (Å²) >= 11 is 0. The third kappa shape index (κ3) is 3.75. The Morgan fingerprint density at radius 3 is 2.87 bits per heavy atom. The van der Waals surface area contributed by atoms with E-state index in [0.29, 0.717) is 41.6 Å². The molecule has 0 spiro atoms. The molecule has 0 aliphatic carbocycles. The van der Waals surface area contributed by atoms with Gasteiger partial charge in [-0.1, -0.05) is 0 Å². The summed E-state index contributed by atoms with van der Waals surface area (Å²) < 4.78 is 20.4. The second kappa shape index (κ2) is 7.84. The fraction of sp³-hybridized carbons (Fsp3) is 0.227. The zero-order chi connectivity index (χ0) is 21.4. The van der Waals surface area contributed by atoms with Crippen molar-refractivity contribution in [2.75, 3.05) is 13.2 Å². The molecular weight excluding hydrogens is 399 g/mol. The summed E-state index contributed by atoms with van der Waals surface area (Å²) in [5.74, 6) is -0.458. The maximum atomic E-state index is 13.7. The number of fused-ring (bicyclic) bond motifs is 1. The lowest BCUT2D eigenvalue weighted by molar-refractivity contribution is -0.124. The highest BCUT2D eigenvalue weighted by Gasteiger charge is 2.21. The van der Waals surface area contributed by atoms with Crippen LogP contribution in [0.3, 0.4) is 0 Å². The number of rotatable bonds is 5. The third-order valence-electron chi connectivity index (χ3n) is 5.14. The van der Waals surface area contributed by atoms with Crippen molar-refractivity contribution >= 4 is 11.6 Å². The van der Waals surface area contributed by atoms with Crippen LogP contribution in [0.25, 0.3) is 28.3 Å². The minimum Gasteiger partial charge on any atom is -0.377 e. The zero-order valence-corrected chi connectivity index (χ0v) is 16.7. The second-order valence-corrected chi connectivity index (χ2v) is 7.39. The minimum absolute atomic E-state index is 0.0717. The molecule has 9 heteroatoms. The van der Waals surface area contributed by atoms with Crippen LogP contribution in [0.4, 0.5) is 4.39 Å². The first kappa shape index (κ1) is 19.3. The summed E-state index contributed by atoms with van der Waals surface area (Å²) in [7, 11) is 0. The highest BCUT2D eigenvalue weighted by atomic mass is 19.1. The van der Waals surface area contributed by atoms with Gasteiger partial charge in [0.05, 0.1) is 54.6 Å². The predicted molar refractivity (Wildman–Crippen MR) is 111 cm³/mol. The van der Waals surface area contributed by atoms with Gasteiger partial charge in [0.15, 0.2) is 5.65 Å². The number of nitrogens with one attached hydrogen (secondary N) is 1. The maximum absolute atomic E-state index is 13.7. The summed E-state index contributed by atoms with van der Waals surface area (Å²) in [5.41, 5.74) is 4.20. The first-order valence-electron chi connectivity index (χ1n) is 9.88. The average molecular weight is 418 g/mol. The number of hydrogen-bond acceptors (Lipinski definition) is 6. The number of ether oxygens (including phenoxy) is 1. The number of pyridine rings is 2. The summed E-state index contributed by atoms with van der Waals surface area (Å²) in [6, 6.07) is 8.58. The van der Waals surface area contributed by atoms with Gasteiger partial charge in [0.25, 0.3) is 0 Å². The Morgan fingerprint density at radius 2 is 2.10 bits per heavy atom. The summed E-state index contributed by atoms with van der Waals surface area (Å²) in [4.78, 5) is 25.9. The molecule has 8 nitrogen and oxygen atoms in total. The number of nitrogens with zero attached hydrogens (tertiary/aromatic N) is 5. The predicted octanol–water partition coefficient (Wildman–Crippen LogP) is 2.36. The molecule has 5 heterocycles. The molecular formula is C22H19FN6O2. The van der Waals surface area contributed by atoms with Crippen LogP contribution in [0.5, 0.6) is 0 Å². The molecule has 1 aliphatic rings.